The second-order valence-corrected chi connectivity index (χ2v) is 9.18. The summed E-state index contributed by atoms with van der Waals surface area (Å²) in [4.78, 5) is 40.3. The number of benzene rings is 3. The number of aromatic nitrogens is 1. The third kappa shape index (κ3) is 4.55. The number of carbonyl (C=O) groups excluding carboxylic acids is 2. The lowest BCUT2D eigenvalue weighted by atomic mass is 10.0. The molecule has 1 aromatic heterocycles. The minimum absolute atomic E-state index is 0.205. The Hall–Kier alpha value is -5.11. The summed E-state index contributed by atoms with van der Waals surface area (Å²) in [5.74, 6) is -1.50. The molecule has 2 heterocycles. The maximum absolute atomic E-state index is 13.0. The maximum Gasteiger partial charge on any atom is 0.337 e. The number of aryl methyl sites for hydroxylation is 2. The smallest absolute Gasteiger partial charge is 0.337 e. The highest BCUT2D eigenvalue weighted by molar-refractivity contribution is 6.36. The first-order valence-corrected chi connectivity index (χ1v) is 12.1. The first-order chi connectivity index (χ1) is 18.2. The summed E-state index contributed by atoms with van der Waals surface area (Å²) < 4.78 is 0. The average molecular weight is 507 g/mol. The fourth-order valence-electron chi connectivity index (χ4n) is 4.62. The third-order valence-corrected chi connectivity index (χ3v) is 6.62. The molecule has 0 radical (unpaired) electrons. The van der Waals surface area contributed by atoms with Crippen molar-refractivity contribution in [1.82, 2.24) is 4.98 Å². The van der Waals surface area contributed by atoms with Crippen molar-refractivity contribution in [2.45, 2.75) is 20.8 Å². The molecule has 0 atom stereocenters. The molecule has 0 spiro atoms. The predicted octanol–water partition coefficient (Wildman–Crippen LogP) is 6.13. The van der Waals surface area contributed by atoms with E-state index in [1.54, 1.807) is 32.1 Å². The van der Waals surface area contributed by atoms with Crippen LogP contribution in [0.3, 0.4) is 0 Å². The molecule has 0 aliphatic carbocycles. The topological polar surface area (TPSA) is 123 Å². The number of hydrogen-bond donors (Lipinski definition) is 5. The number of amides is 2. The molecular formula is C30H26N4O4. The Kier molecular flexibility index (Phi) is 6.30. The number of rotatable bonds is 6. The summed E-state index contributed by atoms with van der Waals surface area (Å²) in [6.45, 7) is 5.37. The van der Waals surface area contributed by atoms with E-state index in [2.05, 4.69) is 20.9 Å². The lowest BCUT2D eigenvalue weighted by Gasteiger charge is -2.15. The zero-order valence-corrected chi connectivity index (χ0v) is 21.1. The van der Waals surface area contributed by atoms with E-state index in [0.29, 0.717) is 50.7 Å². The highest BCUT2D eigenvalue weighted by Crippen LogP contribution is 2.40. The van der Waals surface area contributed by atoms with E-state index < -0.39 is 5.97 Å². The van der Waals surface area contributed by atoms with Gasteiger partial charge >= 0.3 is 5.97 Å². The number of hydrogen-bond acceptors (Lipinski definition) is 4. The molecule has 0 bridgehead atoms. The van der Waals surface area contributed by atoms with E-state index in [9.17, 15) is 19.5 Å². The van der Waals surface area contributed by atoms with Crippen molar-refractivity contribution in [3.05, 3.63) is 106 Å². The highest BCUT2D eigenvalue weighted by atomic mass is 16.4. The van der Waals surface area contributed by atoms with Gasteiger partial charge in [0, 0.05) is 33.9 Å². The van der Waals surface area contributed by atoms with E-state index >= 15 is 0 Å². The molecule has 8 nitrogen and oxygen atoms in total. The molecule has 0 unspecified atom stereocenters. The largest absolute Gasteiger partial charge is 0.478 e. The molecule has 8 heteroatoms. The first kappa shape index (κ1) is 24.6. The van der Waals surface area contributed by atoms with E-state index in [-0.39, 0.29) is 17.4 Å². The van der Waals surface area contributed by atoms with Gasteiger partial charge in [-0.15, -0.1) is 0 Å². The molecule has 1 aliphatic heterocycles. The first-order valence-electron chi connectivity index (χ1n) is 12.1. The fourth-order valence-corrected chi connectivity index (χ4v) is 4.62. The normalized spacial score (nSPS) is 13.2. The fraction of sp³-hybridized carbons (Fsp3) is 0.100. The lowest BCUT2D eigenvalue weighted by molar-refractivity contribution is -0.110. The van der Waals surface area contributed by atoms with Gasteiger partial charge in [-0.3, -0.25) is 9.59 Å². The minimum Gasteiger partial charge on any atom is -0.478 e. The number of H-pyrrole nitrogens is 1. The van der Waals surface area contributed by atoms with Crippen molar-refractivity contribution in [3.63, 3.8) is 0 Å². The molecule has 190 valence electrons. The molecule has 0 fully saturated rings. The molecular weight excluding hydrogens is 480 g/mol. The number of carboxylic acids is 1. The summed E-state index contributed by atoms with van der Waals surface area (Å²) in [6, 6.07) is 20.1. The van der Waals surface area contributed by atoms with Crippen molar-refractivity contribution in [3.8, 4) is 0 Å². The molecule has 4 aromatic rings. The number of aromatic amines is 1. The standard InChI is InChI=1S/C30H26N4O4/c1-16-12-13-20(32-28(35)19-8-5-4-6-9-19)14-24(16)33-23-11-7-10-21-22(29(36)34-27(21)23)15-25-17(2)26(30(37)38)18(3)31-25/h4-15,31,33H,1-3H3,(H,32,35)(H,34,36)(H,37,38). The maximum atomic E-state index is 13.0. The van der Waals surface area contributed by atoms with Crippen LogP contribution in [0.1, 0.15) is 48.8 Å². The van der Waals surface area contributed by atoms with Crippen LogP contribution >= 0.6 is 0 Å². The van der Waals surface area contributed by atoms with Gasteiger partial charge in [0.15, 0.2) is 0 Å². The molecule has 2 amide bonds. The van der Waals surface area contributed by atoms with Crippen molar-refractivity contribution in [2.75, 3.05) is 16.0 Å². The Balaban J connectivity index is 1.45. The number of anilines is 4. The monoisotopic (exact) mass is 506 g/mol. The lowest BCUT2D eigenvalue weighted by Crippen LogP contribution is -2.12. The molecule has 1 aliphatic rings. The average Bonchev–Trinajstić information content (AvgIpc) is 3.37. The predicted molar refractivity (Wildman–Crippen MR) is 149 cm³/mol. The summed E-state index contributed by atoms with van der Waals surface area (Å²) in [5, 5.41) is 18.8. The van der Waals surface area contributed by atoms with Crippen LogP contribution in [0.4, 0.5) is 22.7 Å². The minimum atomic E-state index is -1.01. The van der Waals surface area contributed by atoms with Gasteiger partial charge < -0.3 is 26.0 Å². The zero-order chi connectivity index (χ0) is 27.0. The second-order valence-electron chi connectivity index (χ2n) is 9.18. The zero-order valence-electron chi connectivity index (χ0n) is 21.1. The van der Waals surface area contributed by atoms with Crippen LogP contribution in [-0.2, 0) is 4.79 Å². The molecule has 5 N–H and O–H groups in total. The number of nitrogens with one attached hydrogen (secondary N) is 4. The van der Waals surface area contributed by atoms with Crippen LogP contribution in [0, 0.1) is 20.8 Å². The van der Waals surface area contributed by atoms with E-state index in [1.165, 1.54) is 0 Å². The number of carbonyl (C=O) groups is 3. The highest BCUT2D eigenvalue weighted by Gasteiger charge is 2.28. The Bertz CT molecular complexity index is 1630. The Morgan fingerprint density at radius 1 is 0.921 bits per heavy atom. The molecule has 5 rings (SSSR count). The van der Waals surface area contributed by atoms with E-state index in [4.69, 9.17) is 0 Å². The van der Waals surface area contributed by atoms with Crippen LogP contribution in [0.15, 0.2) is 66.7 Å². The molecule has 0 saturated carbocycles. The van der Waals surface area contributed by atoms with Crippen molar-refractivity contribution < 1.29 is 19.5 Å². The number of aromatic carboxylic acids is 1. The summed E-state index contributed by atoms with van der Waals surface area (Å²) in [7, 11) is 0. The third-order valence-electron chi connectivity index (χ3n) is 6.62. The van der Waals surface area contributed by atoms with E-state index in [1.807, 2.05) is 61.5 Å². The van der Waals surface area contributed by atoms with Crippen molar-refractivity contribution in [1.29, 1.82) is 0 Å². The van der Waals surface area contributed by atoms with Gasteiger partial charge in [-0.25, -0.2) is 4.79 Å². The van der Waals surface area contributed by atoms with Gasteiger partial charge in [0.2, 0.25) is 0 Å². The van der Waals surface area contributed by atoms with E-state index in [0.717, 1.165) is 11.3 Å². The number of carboxylic acid groups (broad SMARTS) is 1. The van der Waals surface area contributed by atoms with Crippen molar-refractivity contribution >= 4 is 52.2 Å². The Morgan fingerprint density at radius 3 is 2.39 bits per heavy atom. The quantitative estimate of drug-likeness (QED) is 0.201. The van der Waals surface area contributed by atoms with Gasteiger partial charge in [-0.2, -0.15) is 0 Å². The number of para-hydroxylation sites is 1. The van der Waals surface area contributed by atoms with Crippen LogP contribution in [-0.4, -0.2) is 27.9 Å². The van der Waals surface area contributed by atoms with Gasteiger partial charge in [0.05, 0.1) is 22.5 Å². The SMILES string of the molecule is Cc1ccc(NC(=O)c2ccccc2)cc1Nc1cccc2c1NC(=O)C2=Cc1[nH]c(C)c(C(=O)O)c1C. The van der Waals surface area contributed by atoms with Crippen molar-refractivity contribution in [2.24, 2.45) is 0 Å². The molecule has 38 heavy (non-hydrogen) atoms. The summed E-state index contributed by atoms with van der Waals surface area (Å²) >= 11 is 0. The molecule has 3 aromatic carbocycles. The van der Waals surface area contributed by atoms with Gasteiger partial charge in [-0.1, -0.05) is 36.4 Å². The van der Waals surface area contributed by atoms with Gasteiger partial charge in [0.1, 0.15) is 0 Å². The van der Waals surface area contributed by atoms with Gasteiger partial charge in [-0.05, 0) is 68.3 Å². The Morgan fingerprint density at radius 2 is 1.68 bits per heavy atom. The van der Waals surface area contributed by atoms with Crippen LogP contribution in [0.25, 0.3) is 11.6 Å². The second kappa shape index (κ2) is 9.74. The number of fused-ring (bicyclic) bond motifs is 1. The van der Waals surface area contributed by atoms with Crippen LogP contribution in [0.5, 0.6) is 0 Å². The van der Waals surface area contributed by atoms with Gasteiger partial charge in [0.25, 0.3) is 11.8 Å². The molecule has 0 saturated heterocycles. The van der Waals surface area contributed by atoms with Crippen LogP contribution in [0.2, 0.25) is 0 Å². The Labute approximate surface area is 219 Å². The summed E-state index contributed by atoms with van der Waals surface area (Å²) in [5.41, 5.74) is 7.28. The summed E-state index contributed by atoms with van der Waals surface area (Å²) in [6.07, 6.45) is 1.69. The van der Waals surface area contributed by atoms with Crippen LogP contribution < -0.4 is 16.0 Å².